The van der Waals surface area contributed by atoms with Gasteiger partial charge in [-0.25, -0.2) is 0 Å². The van der Waals surface area contributed by atoms with Gasteiger partial charge in [0.15, 0.2) is 0 Å². The Morgan fingerprint density at radius 2 is 2.14 bits per heavy atom. The van der Waals surface area contributed by atoms with Gasteiger partial charge < -0.3 is 9.84 Å². The third-order valence-electron chi connectivity index (χ3n) is 3.67. The normalized spacial score (nSPS) is 21.5. The lowest BCUT2D eigenvalue weighted by atomic mass is 9.65. The van der Waals surface area contributed by atoms with Crippen LogP contribution in [0.25, 0.3) is 0 Å². The van der Waals surface area contributed by atoms with E-state index in [9.17, 15) is 5.11 Å². The van der Waals surface area contributed by atoms with Crippen molar-refractivity contribution in [3.63, 3.8) is 0 Å². The van der Waals surface area contributed by atoms with Crippen molar-refractivity contribution in [3.8, 4) is 11.5 Å². The Morgan fingerprint density at radius 1 is 1.36 bits per heavy atom. The molecule has 14 heavy (non-hydrogen) atoms. The van der Waals surface area contributed by atoms with Gasteiger partial charge in [-0.3, -0.25) is 0 Å². The number of phenols is 1. The van der Waals surface area contributed by atoms with Gasteiger partial charge in [-0.1, -0.05) is 12.5 Å². The van der Waals surface area contributed by atoms with Crippen LogP contribution in [0.4, 0.5) is 0 Å². The van der Waals surface area contributed by atoms with Crippen LogP contribution in [-0.2, 0) is 5.41 Å². The Kier molecular flexibility index (Phi) is 1.42. The largest absolute Gasteiger partial charge is 0.508 e. The summed E-state index contributed by atoms with van der Waals surface area (Å²) in [6, 6.07) is 3.72. The molecule has 0 aromatic heterocycles. The van der Waals surface area contributed by atoms with E-state index in [1.807, 2.05) is 13.0 Å². The highest BCUT2D eigenvalue weighted by atomic mass is 16.5. The lowest BCUT2D eigenvalue weighted by molar-refractivity contribution is 0.175. The van der Waals surface area contributed by atoms with Gasteiger partial charge in [-0.05, 0) is 31.4 Å². The highest BCUT2D eigenvalue weighted by molar-refractivity contribution is 5.56. The van der Waals surface area contributed by atoms with Crippen molar-refractivity contribution in [1.29, 1.82) is 0 Å². The minimum Gasteiger partial charge on any atom is -0.508 e. The van der Waals surface area contributed by atoms with E-state index in [1.165, 1.54) is 6.42 Å². The number of ether oxygens (including phenoxy) is 1. The summed E-state index contributed by atoms with van der Waals surface area (Å²) >= 11 is 0. The molecular weight excluding hydrogens is 176 g/mol. The Balaban J connectivity index is 2.22. The number of hydrogen-bond donors (Lipinski definition) is 1. The van der Waals surface area contributed by atoms with Gasteiger partial charge >= 0.3 is 0 Å². The molecule has 1 heterocycles. The Morgan fingerprint density at radius 3 is 2.79 bits per heavy atom. The maximum Gasteiger partial charge on any atom is 0.129 e. The second-order valence-corrected chi connectivity index (χ2v) is 4.53. The van der Waals surface area contributed by atoms with Crippen molar-refractivity contribution in [2.75, 3.05) is 6.61 Å². The van der Waals surface area contributed by atoms with Gasteiger partial charge in [0.1, 0.15) is 11.5 Å². The van der Waals surface area contributed by atoms with Crippen molar-refractivity contribution in [2.24, 2.45) is 0 Å². The molecule has 0 radical (unpaired) electrons. The smallest absolute Gasteiger partial charge is 0.129 e. The topological polar surface area (TPSA) is 29.5 Å². The van der Waals surface area contributed by atoms with E-state index in [1.54, 1.807) is 6.07 Å². The highest BCUT2D eigenvalue weighted by Gasteiger charge is 2.47. The molecule has 0 saturated heterocycles. The van der Waals surface area contributed by atoms with E-state index in [-0.39, 0.29) is 5.41 Å². The van der Waals surface area contributed by atoms with Gasteiger partial charge in [0.2, 0.25) is 0 Å². The van der Waals surface area contributed by atoms with Gasteiger partial charge in [-0.15, -0.1) is 0 Å². The summed E-state index contributed by atoms with van der Waals surface area (Å²) in [5.74, 6) is 1.35. The minimum absolute atomic E-state index is 0.158. The van der Waals surface area contributed by atoms with Crippen LogP contribution in [0.3, 0.4) is 0 Å². The second-order valence-electron chi connectivity index (χ2n) is 4.53. The van der Waals surface area contributed by atoms with Crippen LogP contribution < -0.4 is 4.74 Å². The van der Waals surface area contributed by atoms with Crippen LogP contribution in [-0.4, -0.2) is 11.7 Å². The molecule has 1 aliphatic heterocycles. The molecule has 2 aliphatic rings. The van der Waals surface area contributed by atoms with E-state index in [0.717, 1.165) is 36.3 Å². The SMILES string of the molecule is Cc1ccc(O)c2c1OCC21CCC1. The summed E-state index contributed by atoms with van der Waals surface area (Å²) < 4.78 is 5.71. The predicted molar refractivity (Wildman–Crippen MR) is 53.9 cm³/mol. The molecule has 0 unspecified atom stereocenters. The fraction of sp³-hybridized carbons (Fsp3) is 0.500. The standard InChI is InChI=1S/C12H14O2/c1-8-3-4-9(13)10-11(8)14-7-12(10)5-2-6-12/h3-4,13H,2,5-7H2,1H3. The Bertz CT molecular complexity index is 392. The van der Waals surface area contributed by atoms with E-state index in [2.05, 4.69) is 0 Å². The van der Waals surface area contributed by atoms with E-state index in [4.69, 9.17) is 4.74 Å². The summed E-state index contributed by atoms with van der Waals surface area (Å²) in [5, 5.41) is 9.88. The molecule has 0 amide bonds. The van der Waals surface area contributed by atoms with E-state index < -0.39 is 0 Å². The van der Waals surface area contributed by atoms with Gasteiger partial charge in [0, 0.05) is 11.0 Å². The fourth-order valence-electron chi connectivity index (χ4n) is 2.66. The molecule has 2 nitrogen and oxygen atoms in total. The minimum atomic E-state index is 0.158. The molecule has 0 bridgehead atoms. The van der Waals surface area contributed by atoms with Crippen molar-refractivity contribution in [1.82, 2.24) is 0 Å². The highest BCUT2D eigenvalue weighted by Crippen LogP contribution is 2.55. The van der Waals surface area contributed by atoms with Crippen molar-refractivity contribution >= 4 is 0 Å². The summed E-state index contributed by atoms with van der Waals surface area (Å²) in [6.45, 7) is 2.80. The zero-order valence-electron chi connectivity index (χ0n) is 8.34. The molecule has 1 aromatic carbocycles. The number of rotatable bonds is 0. The maximum atomic E-state index is 9.88. The number of fused-ring (bicyclic) bond motifs is 2. The summed E-state index contributed by atoms with van der Waals surface area (Å²) in [5.41, 5.74) is 2.37. The van der Waals surface area contributed by atoms with Gasteiger partial charge in [0.05, 0.1) is 6.61 Å². The summed E-state index contributed by atoms with van der Waals surface area (Å²) in [7, 11) is 0. The third kappa shape index (κ3) is 0.813. The number of phenolic OH excluding ortho intramolecular Hbond substituents is 1. The lowest BCUT2D eigenvalue weighted by Crippen LogP contribution is -2.35. The number of aryl methyl sites for hydroxylation is 1. The van der Waals surface area contributed by atoms with Crippen LogP contribution in [0.2, 0.25) is 0 Å². The first-order valence-corrected chi connectivity index (χ1v) is 5.19. The van der Waals surface area contributed by atoms with Crippen LogP contribution in [0.15, 0.2) is 12.1 Å². The average molecular weight is 190 g/mol. The molecule has 74 valence electrons. The molecule has 1 aromatic rings. The van der Waals surface area contributed by atoms with Crippen molar-refractivity contribution < 1.29 is 9.84 Å². The van der Waals surface area contributed by atoms with Crippen LogP contribution in [0.1, 0.15) is 30.4 Å². The van der Waals surface area contributed by atoms with Crippen molar-refractivity contribution in [2.45, 2.75) is 31.6 Å². The molecule has 1 fully saturated rings. The number of aromatic hydroxyl groups is 1. The monoisotopic (exact) mass is 190 g/mol. The fourth-order valence-corrected chi connectivity index (χ4v) is 2.66. The van der Waals surface area contributed by atoms with E-state index in [0.29, 0.717) is 5.75 Å². The molecule has 1 saturated carbocycles. The lowest BCUT2D eigenvalue weighted by Gasteiger charge is -2.37. The quantitative estimate of drug-likeness (QED) is 0.681. The molecule has 1 N–H and O–H groups in total. The van der Waals surface area contributed by atoms with Crippen LogP contribution >= 0.6 is 0 Å². The summed E-state index contributed by atoms with van der Waals surface area (Å²) in [6.07, 6.45) is 3.59. The molecular formula is C12H14O2. The predicted octanol–water partition coefficient (Wildman–Crippen LogP) is 2.51. The third-order valence-corrected chi connectivity index (χ3v) is 3.67. The zero-order chi connectivity index (χ0) is 9.76. The zero-order valence-corrected chi connectivity index (χ0v) is 8.34. The average Bonchev–Trinajstić information content (AvgIpc) is 2.51. The number of benzene rings is 1. The van der Waals surface area contributed by atoms with Gasteiger partial charge in [-0.2, -0.15) is 0 Å². The molecule has 3 rings (SSSR count). The van der Waals surface area contributed by atoms with Crippen molar-refractivity contribution in [3.05, 3.63) is 23.3 Å². The van der Waals surface area contributed by atoms with Gasteiger partial charge in [0.25, 0.3) is 0 Å². The first kappa shape index (κ1) is 8.16. The van der Waals surface area contributed by atoms with Crippen LogP contribution in [0, 0.1) is 6.92 Å². The molecule has 1 aliphatic carbocycles. The maximum absolute atomic E-state index is 9.88. The van der Waals surface area contributed by atoms with Crippen LogP contribution in [0.5, 0.6) is 11.5 Å². The first-order valence-electron chi connectivity index (χ1n) is 5.19. The summed E-state index contributed by atoms with van der Waals surface area (Å²) in [4.78, 5) is 0. The molecule has 1 spiro atoms. The Labute approximate surface area is 83.5 Å². The molecule has 2 heteroatoms. The van der Waals surface area contributed by atoms with E-state index >= 15 is 0 Å². The number of hydrogen-bond acceptors (Lipinski definition) is 2. The second kappa shape index (κ2) is 2.44. The Hall–Kier alpha value is -1.18. The molecule has 0 atom stereocenters. The first-order chi connectivity index (χ1) is 6.73.